The van der Waals surface area contributed by atoms with Crippen molar-refractivity contribution < 1.29 is 14.6 Å². The third-order valence-electron chi connectivity index (χ3n) is 3.89. The molecule has 1 aromatic heterocycles. The number of nitrogens with zero attached hydrogens (tertiary/aromatic N) is 3. The van der Waals surface area contributed by atoms with E-state index in [2.05, 4.69) is 25.9 Å². The summed E-state index contributed by atoms with van der Waals surface area (Å²) in [5.41, 5.74) is 1.79. The first kappa shape index (κ1) is 17.2. The minimum atomic E-state index is -0.276. The maximum absolute atomic E-state index is 12.6. The third-order valence-corrected chi connectivity index (χ3v) is 3.89. The molecule has 4 aromatic rings. The first-order valence-electron chi connectivity index (χ1n) is 8.39. The Morgan fingerprint density at radius 1 is 0.964 bits per heavy atom. The quantitative estimate of drug-likeness (QED) is 0.492. The third kappa shape index (κ3) is 3.96. The van der Waals surface area contributed by atoms with Gasteiger partial charge in [0.05, 0.1) is 0 Å². The molecule has 3 aromatic carbocycles. The molecule has 0 saturated carbocycles. The SMILES string of the molecule is O=C(Nc1cccc(-c2nn[nH]n2)c1)c1cccc(Oc2ccc(O)cc2)c1. The normalized spacial score (nSPS) is 10.4. The number of carbonyl (C=O) groups is 1. The fraction of sp³-hybridized carbons (Fsp3) is 0. The summed E-state index contributed by atoms with van der Waals surface area (Å²) >= 11 is 0. The van der Waals surface area contributed by atoms with Crippen molar-refractivity contribution in [1.82, 2.24) is 20.6 Å². The molecule has 138 valence electrons. The molecule has 0 aliphatic rings. The molecule has 8 heteroatoms. The van der Waals surface area contributed by atoms with Gasteiger partial charge >= 0.3 is 0 Å². The van der Waals surface area contributed by atoms with Gasteiger partial charge in [0.1, 0.15) is 17.2 Å². The van der Waals surface area contributed by atoms with E-state index < -0.39 is 0 Å². The van der Waals surface area contributed by atoms with Crippen molar-refractivity contribution >= 4 is 11.6 Å². The lowest BCUT2D eigenvalue weighted by Crippen LogP contribution is -2.11. The van der Waals surface area contributed by atoms with Crippen molar-refractivity contribution in [3.8, 4) is 28.6 Å². The number of aromatic nitrogens is 4. The molecule has 1 amide bonds. The van der Waals surface area contributed by atoms with Crippen molar-refractivity contribution in [3.63, 3.8) is 0 Å². The van der Waals surface area contributed by atoms with Crippen LogP contribution in [0.4, 0.5) is 5.69 Å². The molecule has 0 bridgehead atoms. The number of hydrogen-bond acceptors (Lipinski definition) is 6. The second-order valence-corrected chi connectivity index (χ2v) is 5.89. The van der Waals surface area contributed by atoms with E-state index in [0.29, 0.717) is 28.6 Å². The van der Waals surface area contributed by atoms with Gasteiger partial charge in [-0.25, -0.2) is 0 Å². The number of ether oxygens (including phenoxy) is 1. The van der Waals surface area contributed by atoms with Gasteiger partial charge in [-0.05, 0) is 59.8 Å². The van der Waals surface area contributed by atoms with Crippen LogP contribution in [-0.2, 0) is 0 Å². The van der Waals surface area contributed by atoms with Crippen LogP contribution < -0.4 is 10.1 Å². The Hall–Kier alpha value is -4.20. The Balaban J connectivity index is 1.49. The Bertz CT molecular complexity index is 1100. The first-order chi connectivity index (χ1) is 13.7. The van der Waals surface area contributed by atoms with Crippen LogP contribution in [0.3, 0.4) is 0 Å². The predicted octanol–water partition coefficient (Wildman–Crippen LogP) is 3.62. The number of hydrogen-bond donors (Lipinski definition) is 3. The van der Waals surface area contributed by atoms with Crippen molar-refractivity contribution in [2.24, 2.45) is 0 Å². The maximum Gasteiger partial charge on any atom is 0.255 e. The largest absolute Gasteiger partial charge is 0.508 e. The lowest BCUT2D eigenvalue weighted by atomic mass is 10.1. The van der Waals surface area contributed by atoms with E-state index in [1.54, 1.807) is 54.6 Å². The zero-order valence-electron chi connectivity index (χ0n) is 14.5. The van der Waals surface area contributed by atoms with Gasteiger partial charge in [-0.2, -0.15) is 5.21 Å². The average molecular weight is 373 g/mol. The van der Waals surface area contributed by atoms with Gasteiger partial charge in [0.15, 0.2) is 0 Å². The molecule has 0 unspecified atom stereocenters. The molecule has 0 spiro atoms. The van der Waals surface area contributed by atoms with E-state index in [1.807, 2.05) is 6.07 Å². The Morgan fingerprint density at radius 2 is 1.79 bits per heavy atom. The smallest absolute Gasteiger partial charge is 0.255 e. The molecule has 3 N–H and O–H groups in total. The van der Waals surface area contributed by atoms with E-state index in [4.69, 9.17) is 4.74 Å². The van der Waals surface area contributed by atoms with Crippen LogP contribution in [0.15, 0.2) is 72.8 Å². The van der Waals surface area contributed by atoms with Crippen LogP contribution in [-0.4, -0.2) is 31.6 Å². The molecular weight excluding hydrogens is 358 g/mol. The number of rotatable bonds is 5. The molecule has 8 nitrogen and oxygen atoms in total. The fourth-order valence-electron chi connectivity index (χ4n) is 2.57. The van der Waals surface area contributed by atoms with Crippen molar-refractivity contribution in [2.75, 3.05) is 5.32 Å². The summed E-state index contributed by atoms with van der Waals surface area (Å²) in [4.78, 5) is 12.6. The number of amides is 1. The predicted molar refractivity (Wildman–Crippen MR) is 102 cm³/mol. The highest BCUT2D eigenvalue weighted by Gasteiger charge is 2.10. The van der Waals surface area contributed by atoms with Gasteiger partial charge < -0.3 is 15.2 Å². The number of benzene rings is 3. The number of aromatic amines is 1. The van der Waals surface area contributed by atoms with Crippen LogP contribution >= 0.6 is 0 Å². The average Bonchev–Trinajstić information content (AvgIpc) is 3.25. The summed E-state index contributed by atoms with van der Waals surface area (Å²) in [5, 5.41) is 26.0. The summed E-state index contributed by atoms with van der Waals surface area (Å²) in [5.74, 6) is 1.40. The van der Waals surface area contributed by atoms with E-state index >= 15 is 0 Å². The highest BCUT2D eigenvalue weighted by atomic mass is 16.5. The zero-order valence-corrected chi connectivity index (χ0v) is 14.5. The molecule has 0 aliphatic carbocycles. The molecule has 1 heterocycles. The van der Waals surface area contributed by atoms with Crippen LogP contribution in [0.2, 0.25) is 0 Å². The Labute approximate surface area is 159 Å². The maximum atomic E-state index is 12.6. The number of aromatic hydroxyl groups is 1. The molecule has 0 atom stereocenters. The van der Waals surface area contributed by atoms with E-state index in [-0.39, 0.29) is 11.7 Å². The van der Waals surface area contributed by atoms with Crippen molar-refractivity contribution in [3.05, 3.63) is 78.4 Å². The molecular formula is C20H15N5O3. The fourth-order valence-corrected chi connectivity index (χ4v) is 2.57. The first-order valence-corrected chi connectivity index (χ1v) is 8.39. The van der Waals surface area contributed by atoms with Crippen LogP contribution in [0.5, 0.6) is 17.2 Å². The van der Waals surface area contributed by atoms with Gasteiger partial charge in [0, 0.05) is 16.8 Å². The highest BCUT2D eigenvalue weighted by Crippen LogP contribution is 2.25. The number of H-pyrrole nitrogens is 1. The Kier molecular flexibility index (Phi) is 4.67. The molecule has 0 saturated heterocycles. The number of nitrogens with one attached hydrogen (secondary N) is 2. The molecule has 0 radical (unpaired) electrons. The van der Waals surface area contributed by atoms with Crippen LogP contribution in [0.25, 0.3) is 11.4 Å². The monoisotopic (exact) mass is 373 g/mol. The van der Waals surface area contributed by atoms with Crippen LogP contribution in [0.1, 0.15) is 10.4 Å². The van der Waals surface area contributed by atoms with Gasteiger partial charge in [-0.15, -0.1) is 10.2 Å². The molecule has 0 fully saturated rings. The minimum absolute atomic E-state index is 0.156. The standard InChI is InChI=1S/C20H15N5O3/c26-16-7-9-17(10-8-16)28-18-6-2-4-14(12-18)20(27)21-15-5-1-3-13(11-15)19-22-24-25-23-19/h1-12,26H,(H,21,27)(H,22,23,24,25). The van der Waals surface area contributed by atoms with E-state index in [9.17, 15) is 9.90 Å². The number of phenolic OH excluding ortho intramolecular Hbond substituents is 1. The molecule has 0 aliphatic heterocycles. The number of tetrazole rings is 1. The lowest BCUT2D eigenvalue weighted by Gasteiger charge is -2.09. The highest BCUT2D eigenvalue weighted by molar-refractivity contribution is 6.04. The number of carbonyl (C=O) groups excluding carboxylic acids is 1. The molecule has 28 heavy (non-hydrogen) atoms. The van der Waals surface area contributed by atoms with Gasteiger partial charge in [-0.1, -0.05) is 18.2 Å². The second-order valence-electron chi connectivity index (χ2n) is 5.89. The summed E-state index contributed by atoms with van der Waals surface area (Å²) in [6.07, 6.45) is 0. The van der Waals surface area contributed by atoms with Gasteiger partial charge in [-0.3, -0.25) is 4.79 Å². The topological polar surface area (TPSA) is 113 Å². The summed E-state index contributed by atoms with van der Waals surface area (Å²) in [7, 11) is 0. The van der Waals surface area contributed by atoms with Crippen LogP contribution in [0, 0.1) is 0 Å². The Morgan fingerprint density at radius 3 is 2.57 bits per heavy atom. The van der Waals surface area contributed by atoms with E-state index in [0.717, 1.165) is 5.56 Å². The molecule has 4 rings (SSSR count). The second kappa shape index (κ2) is 7.58. The number of phenols is 1. The van der Waals surface area contributed by atoms with Crippen molar-refractivity contribution in [2.45, 2.75) is 0 Å². The van der Waals surface area contributed by atoms with E-state index in [1.165, 1.54) is 12.1 Å². The van der Waals surface area contributed by atoms with Crippen molar-refractivity contribution in [1.29, 1.82) is 0 Å². The lowest BCUT2D eigenvalue weighted by molar-refractivity contribution is 0.102. The number of anilines is 1. The van der Waals surface area contributed by atoms with Gasteiger partial charge in [0.2, 0.25) is 5.82 Å². The summed E-state index contributed by atoms with van der Waals surface area (Å²) < 4.78 is 5.72. The summed E-state index contributed by atoms with van der Waals surface area (Å²) in [6, 6.07) is 20.3. The zero-order chi connectivity index (χ0) is 19.3. The summed E-state index contributed by atoms with van der Waals surface area (Å²) in [6.45, 7) is 0. The minimum Gasteiger partial charge on any atom is -0.508 e. The van der Waals surface area contributed by atoms with Gasteiger partial charge in [0.25, 0.3) is 5.91 Å².